The molecule has 2 atom stereocenters. The Labute approximate surface area is 175 Å². The van der Waals surface area contributed by atoms with Crippen molar-refractivity contribution in [2.45, 2.75) is 50.6 Å². The van der Waals surface area contributed by atoms with Crippen molar-refractivity contribution in [2.75, 3.05) is 0 Å². The Hall–Kier alpha value is -1.85. The smallest absolute Gasteiger partial charge is 0.682 e. The van der Waals surface area contributed by atoms with Crippen molar-refractivity contribution < 1.29 is 0 Å². The molecule has 2 aromatic rings. The number of fused-ring (bicyclic) bond motifs is 8. The van der Waals surface area contributed by atoms with Crippen LogP contribution in [0.5, 0.6) is 0 Å². The fraction of sp³-hybridized carbons (Fsp3) is 0.364. The summed E-state index contributed by atoms with van der Waals surface area (Å²) in [7, 11) is 0. The molecule has 0 N–H and O–H groups in total. The molecule has 0 saturated carbocycles. The minimum atomic E-state index is 0. The SMILES string of the molecule is C1=C2/CCC(/C=C3/CCC(/C=c4/cc5c([n-]4)=C(CC5)c4ccc/1[n-]4)[N-]3)[N-]2.[Mg+2]. The van der Waals surface area contributed by atoms with Crippen LogP contribution < -0.4 is 20.7 Å². The second-order valence-corrected chi connectivity index (χ2v) is 7.72. The van der Waals surface area contributed by atoms with Crippen LogP contribution in [0.2, 0.25) is 0 Å². The first-order valence-corrected chi connectivity index (χ1v) is 9.65. The molecule has 2 fully saturated rings. The average molecular weight is 365 g/mol. The number of rotatable bonds is 0. The molecular weight excluding hydrogens is 345 g/mol. The third-order valence-electron chi connectivity index (χ3n) is 5.89. The number of aryl methyl sites for hydroxylation is 1. The van der Waals surface area contributed by atoms with E-state index in [1.807, 2.05) is 0 Å². The normalized spacial score (nSPS) is 30.2. The molecule has 8 bridgehead atoms. The van der Waals surface area contributed by atoms with Crippen molar-refractivity contribution in [3.8, 4) is 0 Å². The number of allylic oxidation sites excluding steroid dienone is 2. The number of aromatic nitrogens is 2. The largest absolute Gasteiger partial charge is 2.00 e. The standard InChI is InChI=1S/C22H20N4.Mg/c1-7-20-21-8-6-18(25-21)11-16-3-2-14(23-16)10-15-4-5-17(24-15)12-19-9-13(1)22(20)26-19;/h6,8-12,14,17H,1-5,7H2;/q-4;+2/b15-10-,16-11-,19-12-;. The van der Waals surface area contributed by atoms with Gasteiger partial charge in [-0.3, -0.25) is 0 Å². The zero-order valence-electron chi connectivity index (χ0n) is 15.4. The van der Waals surface area contributed by atoms with Crippen molar-refractivity contribution in [1.82, 2.24) is 9.97 Å². The minimum Gasteiger partial charge on any atom is -0.682 e. The first-order valence-electron chi connectivity index (χ1n) is 9.65. The van der Waals surface area contributed by atoms with Crippen molar-refractivity contribution in [1.29, 1.82) is 0 Å². The molecule has 4 nitrogen and oxygen atoms in total. The first kappa shape index (κ1) is 17.3. The van der Waals surface area contributed by atoms with Gasteiger partial charge in [0.15, 0.2) is 0 Å². The summed E-state index contributed by atoms with van der Waals surface area (Å²) in [4.78, 5) is 9.79. The summed E-state index contributed by atoms with van der Waals surface area (Å²) in [5.74, 6) is 0. The predicted octanol–water partition coefficient (Wildman–Crippen LogP) is 2.46. The number of hydrogen-bond acceptors (Lipinski definition) is 0. The molecule has 2 saturated heterocycles. The molecule has 4 aliphatic rings. The Morgan fingerprint density at radius 1 is 0.815 bits per heavy atom. The second kappa shape index (κ2) is 6.64. The van der Waals surface area contributed by atoms with Gasteiger partial charge in [-0.15, -0.1) is 46.3 Å². The van der Waals surface area contributed by atoms with Crippen LogP contribution in [0.4, 0.5) is 0 Å². The van der Waals surface area contributed by atoms with Crippen LogP contribution in [0.25, 0.3) is 28.4 Å². The fourth-order valence-electron chi connectivity index (χ4n) is 4.61. The topological polar surface area (TPSA) is 56.4 Å². The maximum absolute atomic E-state index is 4.93. The van der Waals surface area contributed by atoms with Gasteiger partial charge in [0.2, 0.25) is 0 Å². The average Bonchev–Trinajstić information content (AvgIpc) is 3.38. The third-order valence-corrected chi connectivity index (χ3v) is 5.89. The molecule has 27 heavy (non-hydrogen) atoms. The van der Waals surface area contributed by atoms with E-state index in [0.717, 1.165) is 66.3 Å². The van der Waals surface area contributed by atoms with E-state index in [9.17, 15) is 0 Å². The molecule has 3 aliphatic heterocycles. The molecule has 1 aliphatic carbocycles. The van der Waals surface area contributed by atoms with Gasteiger partial charge in [-0.05, 0) is 19.3 Å². The number of nitrogens with zero attached hydrogens (tertiary/aromatic N) is 4. The zero-order chi connectivity index (χ0) is 17.1. The predicted molar refractivity (Wildman–Crippen MR) is 109 cm³/mol. The van der Waals surface area contributed by atoms with Crippen LogP contribution in [-0.2, 0) is 6.42 Å². The summed E-state index contributed by atoms with van der Waals surface area (Å²) < 4.78 is 0. The molecule has 132 valence electrons. The van der Waals surface area contributed by atoms with Crippen molar-refractivity contribution >= 4 is 40.8 Å². The minimum absolute atomic E-state index is 0. The van der Waals surface area contributed by atoms with E-state index >= 15 is 0 Å². The van der Waals surface area contributed by atoms with Gasteiger partial charge in [0.25, 0.3) is 0 Å². The summed E-state index contributed by atoms with van der Waals surface area (Å²) in [6, 6.07) is 7.03. The van der Waals surface area contributed by atoms with Gasteiger partial charge in [-0.2, -0.15) is 11.4 Å². The molecular formula is C22H20MgN4-2. The molecule has 6 rings (SSSR count). The molecule has 0 radical (unpaired) electrons. The molecule has 0 spiro atoms. The van der Waals surface area contributed by atoms with Gasteiger partial charge in [-0.25, -0.2) is 0 Å². The Morgan fingerprint density at radius 2 is 1.63 bits per heavy atom. The van der Waals surface area contributed by atoms with Crippen LogP contribution in [0.15, 0.2) is 35.7 Å². The summed E-state index contributed by atoms with van der Waals surface area (Å²) >= 11 is 0. The van der Waals surface area contributed by atoms with Crippen LogP contribution in [0.3, 0.4) is 0 Å². The van der Waals surface area contributed by atoms with E-state index < -0.39 is 0 Å². The molecule has 5 heteroatoms. The van der Waals surface area contributed by atoms with Gasteiger partial charge in [0.05, 0.1) is 0 Å². The Kier molecular flexibility index (Phi) is 4.24. The van der Waals surface area contributed by atoms with Crippen LogP contribution >= 0.6 is 0 Å². The van der Waals surface area contributed by atoms with Gasteiger partial charge < -0.3 is 20.6 Å². The fourth-order valence-corrected chi connectivity index (χ4v) is 4.61. The van der Waals surface area contributed by atoms with E-state index in [4.69, 9.17) is 20.6 Å². The Balaban J connectivity index is 0.00000160. The second-order valence-electron chi connectivity index (χ2n) is 7.72. The van der Waals surface area contributed by atoms with Crippen molar-refractivity contribution in [2.24, 2.45) is 0 Å². The Bertz CT molecular complexity index is 1070. The first-order chi connectivity index (χ1) is 12.8. The van der Waals surface area contributed by atoms with Crippen molar-refractivity contribution in [3.05, 3.63) is 74.0 Å². The van der Waals surface area contributed by atoms with Crippen LogP contribution in [0, 0.1) is 0 Å². The van der Waals surface area contributed by atoms with Gasteiger partial charge in [0.1, 0.15) is 0 Å². The monoisotopic (exact) mass is 364 g/mol. The third kappa shape index (κ3) is 3.07. The molecule has 0 aromatic carbocycles. The summed E-state index contributed by atoms with van der Waals surface area (Å²) in [5, 5.41) is 12.0. The number of hydrogen-bond donors (Lipinski definition) is 0. The summed E-state index contributed by atoms with van der Waals surface area (Å²) in [6.45, 7) is 0. The van der Waals surface area contributed by atoms with Crippen molar-refractivity contribution in [3.63, 3.8) is 0 Å². The zero-order valence-corrected chi connectivity index (χ0v) is 16.8. The van der Waals surface area contributed by atoms with Crippen LogP contribution in [-0.4, -0.2) is 35.1 Å². The maximum atomic E-state index is 4.93. The molecule has 0 amide bonds. The Morgan fingerprint density at radius 3 is 2.56 bits per heavy atom. The summed E-state index contributed by atoms with van der Waals surface area (Å²) in [6.07, 6.45) is 13.0. The van der Waals surface area contributed by atoms with Gasteiger partial charge in [0, 0.05) is 0 Å². The summed E-state index contributed by atoms with van der Waals surface area (Å²) in [5.41, 5.74) is 7.13. The van der Waals surface area contributed by atoms with E-state index in [1.54, 1.807) is 0 Å². The van der Waals surface area contributed by atoms with E-state index in [2.05, 4.69) is 36.4 Å². The van der Waals surface area contributed by atoms with Gasteiger partial charge in [-0.1, -0.05) is 54.7 Å². The van der Waals surface area contributed by atoms with Gasteiger partial charge >= 0.3 is 23.1 Å². The van der Waals surface area contributed by atoms with Crippen LogP contribution in [0.1, 0.15) is 49.1 Å². The molecule has 2 aromatic heterocycles. The van der Waals surface area contributed by atoms with E-state index in [1.165, 1.54) is 16.8 Å². The van der Waals surface area contributed by atoms with E-state index in [-0.39, 0.29) is 35.1 Å². The molecule has 2 unspecified atom stereocenters. The maximum Gasteiger partial charge on any atom is 2.00 e. The molecule has 5 heterocycles. The van der Waals surface area contributed by atoms with E-state index in [0.29, 0.717) is 0 Å². The quantitative estimate of drug-likeness (QED) is 0.674.